The fraction of sp³-hybridized carbons (Fsp3) is 0.125. The Labute approximate surface area is 77.9 Å². The van der Waals surface area contributed by atoms with E-state index in [1.807, 2.05) is 0 Å². The number of hydrogen-bond donors (Lipinski definition) is 1. The number of rotatable bonds is 2. The van der Waals surface area contributed by atoms with Gasteiger partial charge in [0.05, 0.1) is 27.8 Å². The van der Waals surface area contributed by atoms with Crippen molar-refractivity contribution in [3.63, 3.8) is 0 Å². The van der Waals surface area contributed by atoms with E-state index >= 15 is 0 Å². The molecule has 2 heterocycles. The lowest BCUT2D eigenvalue weighted by Crippen LogP contribution is -2.01. The van der Waals surface area contributed by atoms with Gasteiger partial charge >= 0.3 is 5.97 Å². The van der Waals surface area contributed by atoms with E-state index in [9.17, 15) is 4.79 Å². The predicted octanol–water partition coefficient (Wildman–Crippen LogP) is 1.32. The lowest BCUT2D eigenvalue weighted by molar-refractivity contribution is -0.136. The third kappa shape index (κ3) is 1.50. The zero-order valence-corrected chi connectivity index (χ0v) is 7.41. The maximum Gasteiger partial charge on any atom is 0.309 e. The van der Waals surface area contributed by atoms with Crippen molar-refractivity contribution in [1.29, 1.82) is 0 Å². The van der Waals surface area contributed by atoms with Crippen molar-refractivity contribution in [3.8, 4) is 0 Å². The molecule has 0 fully saturated rings. The van der Waals surface area contributed by atoms with E-state index < -0.39 is 5.97 Å². The van der Waals surface area contributed by atoms with Gasteiger partial charge in [-0.15, -0.1) is 11.3 Å². The number of carbonyl (C=O) groups is 1. The van der Waals surface area contributed by atoms with Crippen molar-refractivity contribution >= 4 is 27.5 Å². The average Bonchev–Trinajstić information content (AvgIpc) is 2.51. The van der Waals surface area contributed by atoms with Gasteiger partial charge in [-0.25, -0.2) is 4.98 Å². The zero-order chi connectivity index (χ0) is 9.26. The van der Waals surface area contributed by atoms with Crippen molar-refractivity contribution in [2.24, 2.45) is 0 Å². The molecule has 0 aliphatic rings. The standard InChI is InChI=1S/C8H6N2O2S/c11-7(12)3-6-8-5(1-2-9-6)10-4-13-8/h1-2,4H,3H2,(H,11,12). The summed E-state index contributed by atoms with van der Waals surface area (Å²) in [5.41, 5.74) is 3.10. The molecule has 2 aromatic rings. The second kappa shape index (κ2) is 3.10. The Morgan fingerprint density at radius 2 is 2.38 bits per heavy atom. The molecule has 0 aliphatic heterocycles. The molecule has 0 aromatic carbocycles. The molecule has 0 spiro atoms. The fourth-order valence-corrected chi connectivity index (χ4v) is 1.89. The van der Waals surface area contributed by atoms with Crippen LogP contribution in [0.5, 0.6) is 0 Å². The van der Waals surface area contributed by atoms with Crippen LogP contribution in [-0.2, 0) is 11.2 Å². The molecule has 1 N–H and O–H groups in total. The van der Waals surface area contributed by atoms with Crippen molar-refractivity contribution in [1.82, 2.24) is 9.97 Å². The monoisotopic (exact) mass is 194 g/mol. The number of nitrogens with zero attached hydrogens (tertiary/aromatic N) is 2. The number of aliphatic carboxylic acids is 1. The lowest BCUT2D eigenvalue weighted by atomic mass is 10.2. The number of pyridine rings is 1. The van der Waals surface area contributed by atoms with Gasteiger partial charge in [-0.2, -0.15) is 0 Å². The SMILES string of the molecule is O=C(O)Cc1nccc2ncsc12. The van der Waals surface area contributed by atoms with Gasteiger partial charge in [0, 0.05) is 6.20 Å². The highest BCUT2D eigenvalue weighted by atomic mass is 32.1. The number of fused-ring (bicyclic) bond motifs is 1. The van der Waals surface area contributed by atoms with Gasteiger partial charge in [0.1, 0.15) is 0 Å². The first-order chi connectivity index (χ1) is 6.27. The molecule has 13 heavy (non-hydrogen) atoms. The van der Waals surface area contributed by atoms with Crippen LogP contribution in [0.2, 0.25) is 0 Å². The molecule has 4 nitrogen and oxygen atoms in total. The highest BCUT2D eigenvalue weighted by molar-refractivity contribution is 7.16. The molecule has 0 saturated heterocycles. The minimum absolute atomic E-state index is 0.0421. The summed E-state index contributed by atoms with van der Waals surface area (Å²) in [6.45, 7) is 0. The number of carboxylic acids is 1. The van der Waals surface area contributed by atoms with Crippen LogP contribution in [0.25, 0.3) is 10.2 Å². The summed E-state index contributed by atoms with van der Waals surface area (Å²) in [6.07, 6.45) is 1.54. The summed E-state index contributed by atoms with van der Waals surface area (Å²) in [7, 11) is 0. The third-order valence-corrected chi connectivity index (χ3v) is 2.53. The van der Waals surface area contributed by atoms with E-state index in [4.69, 9.17) is 5.11 Å². The molecule has 5 heteroatoms. The summed E-state index contributed by atoms with van der Waals surface area (Å²) < 4.78 is 0.866. The van der Waals surface area contributed by atoms with Crippen LogP contribution in [-0.4, -0.2) is 21.0 Å². The highest BCUT2D eigenvalue weighted by Crippen LogP contribution is 2.20. The first-order valence-corrected chi connectivity index (χ1v) is 4.54. The van der Waals surface area contributed by atoms with E-state index in [2.05, 4.69) is 9.97 Å². The molecular weight excluding hydrogens is 188 g/mol. The van der Waals surface area contributed by atoms with Crippen molar-refractivity contribution in [3.05, 3.63) is 23.5 Å². The summed E-state index contributed by atoms with van der Waals surface area (Å²) in [6, 6.07) is 1.77. The molecule has 0 unspecified atom stereocenters. The number of thiazole rings is 1. The van der Waals surface area contributed by atoms with Gasteiger partial charge in [-0.05, 0) is 6.07 Å². The van der Waals surface area contributed by atoms with Gasteiger partial charge < -0.3 is 5.11 Å². The lowest BCUT2D eigenvalue weighted by Gasteiger charge is -1.95. The van der Waals surface area contributed by atoms with Crippen molar-refractivity contribution in [2.45, 2.75) is 6.42 Å². The number of carboxylic acid groups (broad SMARTS) is 1. The average molecular weight is 194 g/mol. The maximum atomic E-state index is 10.5. The Kier molecular flexibility index (Phi) is 1.94. The number of aromatic nitrogens is 2. The molecule has 0 saturated carbocycles. The summed E-state index contributed by atoms with van der Waals surface area (Å²) in [4.78, 5) is 18.6. The highest BCUT2D eigenvalue weighted by Gasteiger charge is 2.07. The van der Waals surface area contributed by atoms with E-state index in [0.29, 0.717) is 5.69 Å². The third-order valence-electron chi connectivity index (χ3n) is 1.64. The van der Waals surface area contributed by atoms with Crippen LogP contribution in [0.3, 0.4) is 0 Å². The fourth-order valence-electron chi connectivity index (χ4n) is 1.12. The van der Waals surface area contributed by atoms with E-state index in [0.717, 1.165) is 10.2 Å². The van der Waals surface area contributed by atoms with Gasteiger partial charge in [0.2, 0.25) is 0 Å². The number of hydrogen-bond acceptors (Lipinski definition) is 4. The molecule has 0 aliphatic carbocycles. The summed E-state index contributed by atoms with van der Waals surface area (Å²) in [5.74, 6) is -0.867. The topological polar surface area (TPSA) is 63.1 Å². The van der Waals surface area contributed by atoms with E-state index in [1.165, 1.54) is 11.3 Å². The van der Waals surface area contributed by atoms with Crippen LogP contribution < -0.4 is 0 Å². The Bertz CT molecular complexity index is 452. The molecule has 0 bridgehead atoms. The van der Waals surface area contributed by atoms with Crippen LogP contribution >= 0.6 is 11.3 Å². The molecule has 2 rings (SSSR count). The second-order valence-corrected chi connectivity index (χ2v) is 3.38. The minimum atomic E-state index is -0.867. The summed E-state index contributed by atoms with van der Waals surface area (Å²) >= 11 is 1.42. The van der Waals surface area contributed by atoms with Crippen LogP contribution in [0.15, 0.2) is 17.8 Å². The molecule has 0 atom stereocenters. The molecule has 66 valence electrons. The predicted molar refractivity (Wildman–Crippen MR) is 48.8 cm³/mol. The van der Waals surface area contributed by atoms with E-state index in [1.54, 1.807) is 17.8 Å². The van der Waals surface area contributed by atoms with Crippen LogP contribution in [0.1, 0.15) is 5.69 Å². The zero-order valence-electron chi connectivity index (χ0n) is 6.60. The first kappa shape index (κ1) is 8.12. The largest absolute Gasteiger partial charge is 0.481 e. The Hall–Kier alpha value is -1.49. The van der Waals surface area contributed by atoms with Crippen molar-refractivity contribution in [2.75, 3.05) is 0 Å². The van der Waals surface area contributed by atoms with Gasteiger partial charge in [-0.3, -0.25) is 9.78 Å². The second-order valence-electron chi connectivity index (χ2n) is 2.53. The quantitative estimate of drug-likeness (QED) is 0.783. The van der Waals surface area contributed by atoms with Crippen LogP contribution in [0.4, 0.5) is 0 Å². The molecule has 0 radical (unpaired) electrons. The van der Waals surface area contributed by atoms with Crippen molar-refractivity contribution < 1.29 is 9.90 Å². The molecule has 2 aromatic heterocycles. The minimum Gasteiger partial charge on any atom is -0.481 e. The van der Waals surface area contributed by atoms with Gasteiger partial charge in [0.25, 0.3) is 0 Å². The van der Waals surface area contributed by atoms with E-state index in [-0.39, 0.29) is 6.42 Å². The summed E-state index contributed by atoms with van der Waals surface area (Å²) in [5, 5.41) is 8.61. The normalized spacial score (nSPS) is 10.5. The maximum absolute atomic E-state index is 10.5. The Morgan fingerprint density at radius 3 is 3.15 bits per heavy atom. The smallest absolute Gasteiger partial charge is 0.309 e. The first-order valence-electron chi connectivity index (χ1n) is 3.66. The molecular formula is C8H6N2O2S. The Morgan fingerprint density at radius 1 is 1.54 bits per heavy atom. The Balaban J connectivity index is 2.54. The van der Waals surface area contributed by atoms with Gasteiger partial charge in [-0.1, -0.05) is 0 Å². The molecule has 0 amide bonds. The van der Waals surface area contributed by atoms with Gasteiger partial charge in [0.15, 0.2) is 0 Å². The van der Waals surface area contributed by atoms with Crippen LogP contribution in [0, 0.1) is 0 Å².